The minimum atomic E-state index is -0.216. The molecule has 1 aromatic carbocycles. The number of benzene rings is 1. The van der Waals surface area contributed by atoms with Crippen molar-refractivity contribution in [3.63, 3.8) is 0 Å². The number of halogens is 2. The maximum Gasteiger partial charge on any atom is 0.230 e. The molecule has 0 spiro atoms. The van der Waals surface area contributed by atoms with E-state index in [4.69, 9.17) is 11.6 Å². The molecule has 1 unspecified atom stereocenters. The zero-order chi connectivity index (χ0) is 13.1. The van der Waals surface area contributed by atoms with E-state index in [1.807, 2.05) is 42.9 Å². The summed E-state index contributed by atoms with van der Waals surface area (Å²) in [6.45, 7) is 3.92. The Hall–Kier alpha value is -1.23. The second kappa shape index (κ2) is 8.15. The standard InChI is InChI=1S/C15H15ClNO.BrH.H2O/c1-11-7-9-17(10-8-11)12(2)15(18)13-3-5-14(16)6-4-13;;/h3-10,12H,1-2H3;1H;1H2/q+1;;/p-1. The van der Waals surface area contributed by atoms with Gasteiger partial charge in [0.25, 0.3) is 0 Å². The van der Waals surface area contributed by atoms with Gasteiger partial charge in [0.05, 0.1) is 0 Å². The Morgan fingerprint density at radius 1 is 1.10 bits per heavy atom. The Morgan fingerprint density at radius 3 is 2.10 bits per heavy atom. The van der Waals surface area contributed by atoms with E-state index in [-0.39, 0.29) is 34.3 Å². The molecule has 0 saturated carbocycles. The Kier molecular flexibility index (Phi) is 7.64. The SMILES string of the molecule is Cc1cc[n+](C(C)C(=O)c2ccc(Cl)cc2)cc1.O.[Br-]. The van der Waals surface area contributed by atoms with Crippen LogP contribution in [0.15, 0.2) is 48.8 Å². The minimum Gasteiger partial charge on any atom is -1.00 e. The fourth-order valence-electron chi connectivity index (χ4n) is 1.76. The molecule has 1 atom stereocenters. The first kappa shape index (κ1) is 18.8. The van der Waals surface area contributed by atoms with Crippen LogP contribution in [0.3, 0.4) is 0 Å². The van der Waals surface area contributed by atoms with Crippen molar-refractivity contribution in [1.82, 2.24) is 0 Å². The summed E-state index contributed by atoms with van der Waals surface area (Å²) in [5.74, 6) is 0.0838. The third-order valence-electron chi connectivity index (χ3n) is 2.97. The second-order valence-electron chi connectivity index (χ2n) is 4.37. The van der Waals surface area contributed by atoms with Crippen molar-refractivity contribution in [3.8, 4) is 0 Å². The Labute approximate surface area is 134 Å². The number of nitrogens with zero attached hydrogens (tertiary/aromatic N) is 1. The molecule has 0 radical (unpaired) electrons. The lowest BCUT2D eigenvalue weighted by Gasteiger charge is -2.06. The number of hydrogen-bond donors (Lipinski definition) is 0. The van der Waals surface area contributed by atoms with Gasteiger partial charge in [0.2, 0.25) is 11.8 Å². The van der Waals surface area contributed by atoms with Crippen molar-refractivity contribution in [2.45, 2.75) is 19.9 Å². The monoisotopic (exact) mass is 357 g/mol. The van der Waals surface area contributed by atoms with Crippen molar-refractivity contribution in [1.29, 1.82) is 0 Å². The van der Waals surface area contributed by atoms with Crippen LogP contribution in [0.4, 0.5) is 0 Å². The van der Waals surface area contributed by atoms with Crippen LogP contribution >= 0.6 is 11.6 Å². The third kappa shape index (κ3) is 4.40. The summed E-state index contributed by atoms with van der Waals surface area (Å²) in [5.41, 5.74) is 1.86. The van der Waals surface area contributed by atoms with E-state index in [0.717, 1.165) is 0 Å². The highest BCUT2D eigenvalue weighted by atomic mass is 79.9. The van der Waals surface area contributed by atoms with Crippen molar-refractivity contribution < 1.29 is 31.8 Å². The van der Waals surface area contributed by atoms with Crippen molar-refractivity contribution in [2.75, 3.05) is 0 Å². The van der Waals surface area contributed by atoms with Crippen molar-refractivity contribution in [2.24, 2.45) is 0 Å². The number of pyridine rings is 1. The predicted molar refractivity (Wildman–Crippen MR) is 75.5 cm³/mol. The fourth-order valence-corrected chi connectivity index (χ4v) is 1.89. The number of ketones is 1. The van der Waals surface area contributed by atoms with Crippen LogP contribution in [-0.2, 0) is 0 Å². The van der Waals surface area contributed by atoms with E-state index in [2.05, 4.69) is 0 Å². The first-order valence-electron chi connectivity index (χ1n) is 5.85. The van der Waals surface area contributed by atoms with E-state index >= 15 is 0 Å². The Balaban J connectivity index is 0.00000180. The number of hydrogen-bond acceptors (Lipinski definition) is 1. The molecular formula is C15H17BrClNO2. The van der Waals surface area contributed by atoms with Crippen LogP contribution in [0.5, 0.6) is 0 Å². The normalized spacial score (nSPS) is 10.9. The molecule has 0 aliphatic heterocycles. The van der Waals surface area contributed by atoms with E-state index in [1.165, 1.54) is 5.56 Å². The summed E-state index contributed by atoms with van der Waals surface area (Å²) in [6, 6.07) is 10.8. The largest absolute Gasteiger partial charge is 1.00 e. The molecule has 2 rings (SSSR count). The molecule has 0 aliphatic rings. The number of carbonyl (C=O) groups excluding carboxylic acids is 1. The number of Topliss-reactive ketones (excluding diaryl/α,β-unsaturated/α-hetero) is 1. The van der Waals surface area contributed by atoms with Gasteiger partial charge in [0.15, 0.2) is 12.4 Å². The van der Waals surface area contributed by atoms with Gasteiger partial charge >= 0.3 is 0 Å². The molecule has 5 heteroatoms. The third-order valence-corrected chi connectivity index (χ3v) is 3.23. The summed E-state index contributed by atoms with van der Waals surface area (Å²) in [4.78, 5) is 12.3. The number of carbonyl (C=O) groups is 1. The van der Waals surface area contributed by atoms with Crippen LogP contribution in [-0.4, -0.2) is 11.3 Å². The molecule has 1 heterocycles. The van der Waals surface area contributed by atoms with Crippen molar-refractivity contribution in [3.05, 3.63) is 64.9 Å². The molecule has 0 amide bonds. The first-order valence-corrected chi connectivity index (χ1v) is 6.23. The lowest BCUT2D eigenvalue weighted by Crippen LogP contribution is -3.00. The van der Waals surface area contributed by atoms with Crippen LogP contribution in [0.25, 0.3) is 0 Å². The maximum absolute atomic E-state index is 12.3. The van der Waals surface area contributed by atoms with Crippen LogP contribution in [0, 0.1) is 6.92 Å². The molecule has 0 fully saturated rings. The van der Waals surface area contributed by atoms with Gasteiger partial charge in [-0.3, -0.25) is 4.79 Å². The Bertz CT molecular complexity index is 555. The lowest BCUT2D eigenvalue weighted by atomic mass is 10.1. The summed E-state index contributed by atoms with van der Waals surface area (Å²) < 4.78 is 1.91. The topological polar surface area (TPSA) is 52.5 Å². The number of aromatic nitrogens is 1. The van der Waals surface area contributed by atoms with Crippen LogP contribution in [0.2, 0.25) is 5.02 Å². The van der Waals surface area contributed by atoms with Gasteiger partial charge in [-0.1, -0.05) is 11.6 Å². The number of rotatable bonds is 3. The minimum absolute atomic E-state index is 0. The molecule has 0 saturated heterocycles. The zero-order valence-electron chi connectivity index (χ0n) is 11.3. The van der Waals surface area contributed by atoms with Gasteiger partial charge < -0.3 is 22.5 Å². The molecule has 0 bridgehead atoms. The van der Waals surface area contributed by atoms with Crippen LogP contribution < -0.4 is 21.5 Å². The molecule has 20 heavy (non-hydrogen) atoms. The van der Waals surface area contributed by atoms with E-state index in [9.17, 15) is 4.79 Å². The van der Waals surface area contributed by atoms with Gasteiger partial charge in [-0.05, 0) is 36.8 Å². The van der Waals surface area contributed by atoms with Gasteiger partial charge in [0.1, 0.15) is 0 Å². The Morgan fingerprint density at radius 2 is 1.60 bits per heavy atom. The lowest BCUT2D eigenvalue weighted by molar-refractivity contribution is -0.704. The molecule has 1 aromatic heterocycles. The molecular weight excluding hydrogens is 342 g/mol. The van der Waals surface area contributed by atoms with Gasteiger partial charge in [-0.2, -0.15) is 4.57 Å². The van der Waals surface area contributed by atoms with Gasteiger partial charge in [0, 0.05) is 29.6 Å². The average Bonchev–Trinajstić information content (AvgIpc) is 2.39. The molecule has 2 aromatic rings. The summed E-state index contributed by atoms with van der Waals surface area (Å²) in [5, 5.41) is 0.641. The second-order valence-corrected chi connectivity index (χ2v) is 4.81. The zero-order valence-corrected chi connectivity index (χ0v) is 13.6. The molecule has 0 aliphatic carbocycles. The smallest absolute Gasteiger partial charge is 0.230 e. The molecule has 3 nitrogen and oxygen atoms in total. The molecule has 2 N–H and O–H groups in total. The quantitative estimate of drug-likeness (QED) is 0.542. The van der Waals surface area contributed by atoms with E-state index < -0.39 is 0 Å². The van der Waals surface area contributed by atoms with Crippen molar-refractivity contribution >= 4 is 17.4 Å². The average molecular weight is 359 g/mol. The van der Waals surface area contributed by atoms with Gasteiger partial charge in [-0.25, -0.2) is 0 Å². The number of aryl methyl sites for hydroxylation is 1. The van der Waals surface area contributed by atoms with Gasteiger partial charge in [-0.15, -0.1) is 0 Å². The molecule has 108 valence electrons. The first-order chi connectivity index (χ1) is 8.58. The highest BCUT2D eigenvalue weighted by Gasteiger charge is 2.22. The highest BCUT2D eigenvalue weighted by Crippen LogP contribution is 2.13. The fraction of sp³-hybridized carbons (Fsp3) is 0.200. The van der Waals surface area contributed by atoms with E-state index in [0.29, 0.717) is 10.6 Å². The highest BCUT2D eigenvalue weighted by molar-refractivity contribution is 6.30. The summed E-state index contributed by atoms with van der Waals surface area (Å²) in [6.07, 6.45) is 3.85. The van der Waals surface area contributed by atoms with E-state index in [1.54, 1.807) is 24.3 Å². The predicted octanol–water partition coefficient (Wildman–Crippen LogP) is -0.441. The summed E-state index contributed by atoms with van der Waals surface area (Å²) >= 11 is 5.81. The summed E-state index contributed by atoms with van der Waals surface area (Å²) in [7, 11) is 0. The van der Waals surface area contributed by atoms with Crippen LogP contribution in [0.1, 0.15) is 28.9 Å². The maximum atomic E-state index is 12.3.